The SMILES string of the molecule is Cc1cccc(OCC(C)(C)OCc2ccccc2Cl)c1. The lowest BCUT2D eigenvalue weighted by Crippen LogP contribution is -2.32. The summed E-state index contributed by atoms with van der Waals surface area (Å²) in [7, 11) is 0. The topological polar surface area (TPSA) is 18.5 Å². The van der Waals surface area contributed by atoms with Crippen molar-refractivity contribution in [3.8, 4) is 5.75 Å². The second kappa shape index (κ2) is 6.97. The highest BCUT2D eigenvalue weighted by Crippen LogP contribution is 2.21. The van der Waals surface area contributed by atoms with Crippen molar-refractivity contribution in [2.45, 2.75) is 33.0 Å². The molecule has 0 aromatic heterocycles. The van der Waals surface area contributed by atoms with Crippen molar-refractivity contribution in [1.82, 2.24) is 0 Å². The smallest absolute Gasteiger partial charge is 0.119 e. The molecule has 0 atom stereocenters. The third kappa shape index (κ3) is 5.07. The summed E-state index contributed by atoms with van der Waals surface area (Å²) in [4.78, 5) is 0. The van der Waals surface area contributed by atoms with E-state index >= 15 is 0 Å². The zero-order valence-corrected chi connectivity index (χ0v) is 13.5. The Hall–Kier alpha value is -1.51. The molecule has 0 aliphatic rings. The van der Waals surface area contributed by atoms with E-state index < -0.39 is 0 Å². The Bertz CT molecular complexity index is 593. The van der Waals surface area contributed by atoms with Gasteiger partial charge in [0.25, 0.3) is 0 Å². The molecule has 112 valence electrons. The van der Waals surface area contributed by atoms with E-state index in [0.717, 1.165) is 16.3 Å². The molecule has 0 unspecified atom stereocenters. The summed E-state index contributed by atoms with van der Waals surface area (Å²) < 4.78 is 11.8. The van der Waals surface area contributed by atoms with Crippen LogP contribution in [0.3, 0.4) is 0 Å². The highest BCUT2D eigenvalue weighted by molar-refractivity contribution is 6.31. The van der Waals surface area contributed by atoms with Gasteiger partial charge < -0.3 is 9.47 Å². The molecule has 3 heteroatoms. The van der Waals surface area contributed by atoms with Gasteiger partial charge in [0, 0.05) is 5.02 Å². The molecule has 0 aliphatic carbocycles. The summed E-state index contributed by atoms with van der Waals surface area (Å²) in [6.07, 6.45) is 0. The van der Waals surface area contributed by atoms with E-state index in [9.17, 15) is 0 Å². The van der Waals surface area contributed by atoms with E-state index in [-0.39, 0.29) is 5.60 Å². The predicted molar refractivity (Wildman–Crippen MR) is 87.0 cm³/mol. The average Bonchev–Trinajstić information content (AvgIpc) is 2.45. The fraction of sp³-hybridized carbons (Fsp3) is 0.333. The molecule has 0 fully saturated rings. The van der Waals surface area contributed by atoms with Crippen LogP contribution in [0.5, 0.6) is 5.75 Å². The van der Waals surface area contributed by atoms with Crippen LogP contribution in [0.4, 0.5) is 0 Å². The van der Waals surface area contributed by atoms with E-state index in [2.05, 4.69) is 0 Å². The summed E-state index contributed by atoms with van der Waals surface area (Å²) in [5, 5.41) is 0.730. The zero-order valence-electron chi connectivity index (χ0n) is 12.7. The number of rotatable bonds is 6. The Morgan fingerprint density at radius 1 is 1.05 bits per heavy atom. The first-order valence-corrected chi connectivity index (χ1v) is 7.41. The van der Waals surface area contributed by atoms with Gasteiger partial charge in [-0.1, -0.05) is 41.9 Å². The Morgan fingerprint density at radius 3 is 2.52 bits per heavy atom. The van der Waals surface area contributed by atoms with Gasteiger partial charge in [-0.05, 0) is 50.1 Å². The van der Waals surface area contributed by atoms with Crippen LogP contribution in [-0.4, -0.2) is 12.2 Å². The van der Waals surface area contributed by atoms with Crippen LogP contribution in [0, 0.1) is 6.92 Å². The molecule has 0 N–H and O–H groups in total. The predicted octanol–water partition coefficient (Wildman–Crippen LogP) is 5.02. The van der Waals surface area contributed by atoms with Gasteiger partial charge in [0.15, 0.2) is 0 Å². The molecule has 2 aromatic carbocycles. The number of aryl methyl sites for hydroxylation is 1. The van der Waals surface area contributed by atoms with E-state index in [4.69, 9.17) is 21.1 Å². The molecule has 0 aliphatic heterocycles. The lowest BCUT2D eigenvalue weighted by atomic mass is 10.1. The van der Waals surface area contributed by atoms with Crippen LogP contribution >= 0.6 is 11.6 Å². The Morgan fingerprint density at radius 2 is 1.81 bits per heavy atom. The van der Waals surface area contributed by atoms with Crippen molar-refractivity contribution >= 4 is 11.6 Å². The minimum atomic E-state index is -0.386. The lowest BCUT2D eigenvalue weighted by Gasteiger charge is -2.25. The van der Waals surface area contributed by atoms with Gasteiger partial charge in [-0.3, -0.25) is 0 Å². The van der Waals surface area contributed by atoms with Crippen LogP contribution in [-0.2, 0) is 11.3 Å². The van der Waals surface area contributed by atoms with Crippen LogP contribution in [0.1, 0.15) is 25.0 Å². The molecule has 0 bridgehead atoms. The van der Waals surface area contributed by atoms with Crippen molar-refractivity contribution in [2.24, 2.45) is 0 Å². The number of benzene rings is 2. The van der Waals surface area contributed by atoms with Gasteiger partial charge in [0.05, 0.1) is 12.2 Å². The first-order chi connectivity index (χ1) is 9.96. The van der Waals surface area contributed by atoms with E-state index in [0.29, 0.717) is 13.2 Å². The number of ether oxygens (including phenoxy) is 2. The van der Waals surface area contributed by atoms with Crippen LogP contribution in [0.25, 0.3) is 0 Å². The van der Waals surface area contributed by atoms with E-state index in [1.54, 1.807) is 0 Å². The normalized spacial score (nSPS) is 11.4. The second-order valence-electron chi connectivity index (χ2n) is 5.74. The minimum absolute atomic E-state index is 0.386. The largest absolute Gasteiger partial charge is 0.491 e. The summed E-state index contributed by atoms with van der Waals surface area (Å²) >= 11 is 6.13. The van der Waals surface area contributed by atoms with Crippen LogP contribution in [0.15, 0.2) is 48.5 Å². The van der Waals surface area contributed by atoms with Crippen LogP contribution < -0.4 is 4.74 Å². The van der Waals surface area contributed by atoms with E-state index in [1.165, 1.54) is 5.56 Å². The molecule has 2 nitrogen and oxygen atoms in total. The van der Waals surface area contributed by atoms with Crippen molar-refractivity contribution in [1.29, 1.82) is 0 Å². The molecule has 0 saturated heterocycles. The van der Waals surface area contributed by atoms with Crippen molar-refractivity contribution in [3.63, 3.8) is 0 Å². The molecular formula is C18H21ClO2. The maximum absolute atomic E-state index is 6.13. The molecule has 0 saturated carbocycles. The number of hydrogen-bond acceptors (Lipinski definition) is 2. The standard InChI is InChI=1S/C18H21ClO2/c1-14-7-6-9-16(11-14)20-13-18(2,3)21-12-15-8-4-5-10-17(15)19/h4-11H,12-13H2,1-3H3. The third-order valence-corrected chi connectivity index (χ3v) is 3.52. The Balaban J connectivity index is 1.88. The molecule has 0 spiro atoms. The minimum Gasteiger partial charge on any atom is -0.491 e. The van der Waals surface area contributed by atoms with Crippen molar-refractivity contribution in [2.75, 3.05) is 6.61 Å². The first-order valence-electron chi connectivity index (χ1n) is 7.03. The van der Waals surface area contributed by atoms with Crippen molar-refractivity contribution < 1.29 is 9.47 Å². The highest BCUT2D eigenvalue weighted by Gasteiger charge is 2.20. The molecule has 2 aromatic rings. The van der Waals surface area contributed by atoms with Gasteiger partial charge in [0.1, 0.15) is 12.4 Å². The molecule has 2 rings (SSSR count). The number of hydrogen-bond donors (Lipinski definition) is 0. The zero-order chi connectivity index (χ0) is 15.3. The maximum atomic E-state index is 6.13. The molecule has 0 radical (unpaired) electrons. The van der Waals surface area contributed by atoms with Gasteiger partial charge in [-0.2, -0.15) is 0 Å². The first kappa shape index (κ1) is 15.9. The van der Waals surface area contributed by atoms with Gasteiger partial charge in [-0.15, -0.1) is 0 Å². The lowest BCUT2D eigenvalue weighted by molar-refractivity contribution is -0.0569. The van der Waals surface area contributed by atoms with Crippen molar-refractivity contribution in [3.05, 3.63) is 64.7 Å². The maximum Gasteiger partial charge on any atom is 0.119 e. The summed E-state index contributed by atoms with van der Waals surface area (Å²) in [6, 6.07) is 15.7. The summed E-state index contributed by atoms with van der Waals surface area (Å²) in [6.45, 7) is 7.04. The summed E-state index contributed by atoms with van der Waals surface area (Å²) in [5.41, 5.74) is 1.79. The van der Waals surface area contributed by atoms with Gasteiger partial charge in [-0.25, -0.2) is 0 Å². The fourth-order valence-electron chi connectivity index (χ4n) is 1.89. The average molecular weight is 305 g/mol. The Kier molecular flexibility index (Phi) is 5.27. The fourth-order valence-corrected chi connectivity index (χ4v) is 2.08. The monoisotopic (exact) mass is 304 g/mol. The second-order valence-corrected chi connectivity index (χ2v) is 6.15. The quantitative estimate of drug-likeness (QED) is 0.746. The molecule has 0 amide bonds. The van der Waals surface area contributed by atoms with E-state index in [1.807, 2.05) is 69.3 Å². The highest BCUT2D eigenvalue weighted by atomic mass is 35.5. The number of halogens is 1. The third-order valence-electron chi connectivity index (χ3n) is 3.15. The molecule has 0 heterocycles. The molecular weight excluding hydrogens is 284 g/mol. The van der Waals surface area contributed by atoms with Gasteiger partial charge >= 0.3 is 0 Å². The summed E-state index contributed by atoms with van der Waals surface area (Å²) in [5.74, 6) is 0.865. The van der Waals surface area contributed by atoms with Crippen LogP contribution in [0.2, 0.25) is 5.02 Å². The Labute approximate surface area is 131 Å². The van der Waals surface area contributed by atoms with Gasteiger partial charge in [0.2, 0.25) is 0 Å². The molecule has 21 heavy (non-hydrogen) atoms.